The van der Waals surface area contributed by atoms with Crippen LogP contribution in [-0.4, -0.2) is 44.7 Å². The van der Waals surface area contributed by atoms with Crippen LogP contribution < -0.4 is 15.4 Å². The lowest BCUT2D eigenvalue weighted by Crippen LogP contribution is -2.28. The van der Waals surface area contributed by atoms with E-state index in [1.807, 2.05) is 32.0 Å². The number of carbonyl (C=O) groups is 1. The first kappa shape index (κ1) is 15.8. The monoisotopic (exact) mass is 292 g/mol. The van der Waals surface area contributed by atoms with Gasteiger partial charge in [0.1, 0.15) is 11.9 Å². The number of hydrogen-bond acceptors (Lipinski definition) is 5. The largest absolute Gasteiger partial charge is 0.487 e. The van der Waals surface area contributed by atoms with Crippen LogP contribution in [0, 0.1) is 0 Å². The highest BCUT2D eigenvalue weighted by Crippen LogP contribution is 2.29. The summed E-state index contributed by atoms with van der Waals surface area (Å²) >= 11 is 0. The molecule has 1 aliphatic rings. The molecule has 0 bridgehead atoms. The Bertz CT molecular complexity index is 477. The van der Waals surface area contributed by atoms with Gasteiger partial charge in [0.15, 0.2) is 5.78 Å². The minimum absolute atomic E-state index is 0.0923. The first-order valence-corrected chi connectivity index (χ1v) is 7.57. The summed E-state index contributed by atoms with van der Waals surface area (Å²) in [7, 11) is 0. The van der Waals surface area contributed by atoms with Crippen LogP contribution in [0.2, 0.25) is 0 Å². The third-order valence-electron chi connectivity index (χ3n) is 3.34. The van der Waals surface area contributed by atoms with Gasteiger partial charge in [-0.15, -0.1) is 0 Å². The van der Waals surface area contributed by atoms with Gasteiger partial charge in [-0.05, 0) is 45.0 Å². The summed E-state index contributed by atoms with van der Waals surface area (Å²) in [5.41, 5.74) is 1.60. The molecule has 21 heavy (non-hydrogen) atoms. The first-order valence-electron chi connectivity index (χ1n) is 7.57. The molecule has 0 amide bonds. The standard InChI is InChI=1S/C16H24N2O3/c1-3-20-8-4-7-17-11-15(19)13-5-6-16-14(9-13)18-10-12(2)21-16/h5-6,9,12,17-18H,3-4,7-8,10-11H2,1-2H3. The van der Waals surface area contributed by atoms with Crippen molar-refractivity contribution in [3.63, 3.8) is 0 Å². The fourth-order valence-electron chi connectivity index (χ4n) is 2.20. The highest BCUT2D eigenvalue weighted by Gasteiger charge is 2.17. The predicted molar refractivity (Wildman–Crippen MR) is 83.3 cm³/mol. The van der Waals surface area contributed by atoms with Crippen LogP contribution in [0.15, 0.2) is 18.2 Å². The molecule has 1 aromatic carbocycles. The number of fused-ring (bicyclic) bond motifs is 1. The van der Waals surface area contributed by atoms with Gasteiger partial charge >= 0.3 is 0 Å². The predicted octanol–water partition coefficient (Wildman–Crippen LogP) is 2.08. The third kappa shape index (κ3) is 4.72. The van der Waals surface area contributed by atoms with Crippen molar-refractivity contribution in [2.45, 2.75) is 26.4 Å². The maximum Gasteiger partial charge on any atom is 0.176 e. The zero-order valence-corrected chi connectivity index (χ0v) is 12.8. The lowest BCUT2D eigenvalue weighted by molar-refractivity contribution is 0.0988. The first-order chi connectivity index (χ1) is 10.2. The van der Waals surface area contributed by atoms with E-state index in [0.29, 0.717) is 12.1 Å². The number of ether oxygens (including phenoxy) is 2. The van der Waals surface area contributed by atoms with Crippen molar-refractivity contribution < 1.29 is 14.3 Å². The van der Waals surface area contributed by atoms with Crippen LogP contribution >= 0.6 is 0 Å². The van der Waals surface area contributed by atoms with Gasteiger partial charge in [0.05, 0.1) is 18.8 Å². The number of Topliss-reactive ketones (excluding diaryl/α,β-unsaturated/α-hetero) is 1. The van der Waals surface area contributed by atoms with Crippen molar-refractivity contribution in [1.29, 1.82) is 0 Å². The third-order valence-corrected chi connectivity index (χ3v) is 3.34. The molecule has 116 valence electrons. The highest BCUT2D eigenvalue weighted by atomic mass is 16.5. The highest BCUT2D eigenvalue weighted by molar-refractivity contribution is 5.98. The molecule has 1 atom stereocenters. The summed E-state index contributed by atoms with van der Waals surface area (Å²) < 4.78 is 10.9. The van der Waals surface area contributed by atoms with Crippen molar-refractivity contribution in [2.24, 2.45) is 0 Å². The van der Waals surface area contributed by atoms with E-state index in [0.717, 1.165) is 44.2 Å². The zero-order chi connectivity index (χ0) is 15.1. The van der Waals surface area contributed by atoms with Gasteiger partial charge in [0, 0.05) is 18.8 Å². The second kappa shape index (κ2) is 8.00. The number of benzene rings is 1. The van der Waals surface area contributed by atoms with Crippen molar-refractivity contribution in [3.8, 4) is 5.75 Å². The average Bonchev–Trinajstić information content (AvgIpc) is 2.50. The topological polar surface area (TPSA) is 59.6 Å². The Morgan fingerprint density at radius 1 is 1.52 bits per heavy atom. The number of ketones is 1. The molecule has 2 rings (SSSR count). The Morgan fingerprint density at radius 2 is 2.38 bits per heavy atom. The van der Waals surface area contributed by atoms with Crippen molar-refractivity contribution in [1.82, 2.24) is 5.32 Å². The van der Waals surface area contributed by atoms with Crippen LogP contribution in [0.5, 0.6) is 5.75 Å². The fraction of sp³-hybridized carbons (Fsp3) is 0.562. The average molecular weight is 292 g/mol. The maximum absolute atomic E-state index is 12.1. The molecule has 0 saturated carbocycles. The Balaban J connectivity index is 1.80. The Labute approximate surface area is 126 Å². The fourth-order valence-corrected chi connectivity index (χ4v) is 2.20. The van der Waals surface area contributed by atoms with Crippen molar-refractivity contribution >= 4 is 11.5 Å². The summed E-state index contributed by atoms with van der Waals surface area (Å²) in [4.78, 5) is 12.1. The van der Waals surface area contributed by atoms with E-state index in [4.69, 9.17) is 9.47 Å². The van der Waals surface area contributed by atoms with Gasteiger partial charge in [-0.2, -0.15) is 0 Å². The number of carbonyl (C=O) groups excluding carboxylic acids is 1. The molecular weight excluding hydrogens is 268 g/mol. The van der Waals surface area contributed by atoms with Crippen LogP contribution in [-0.2, 0) is 4.74 Å². The molecule has 0 saturated heterocycles. The van der Waals surface area contributed by atoms with Crippen LogP contribution in [0.3, 0.4) is 0 Å². The summed E-state index contributed by atoms with van der Waals surface area (Å²) in [5.74, 6) is 0.907. The van der Waals surface area contributed by atoms with Crippen LogP contribution in [0.25, 0.3) is 0 Å². The second-order valence-corrected chi connectivity index (χ2v) is 5.17. The zero-order valence-electron chi connectivity index (χ0n) is 12.8. The molecule has 5 nitrogen and oxygen atoms in total. The molecule has 0 aliphatic carbocycles. The Morgan fingerprint density at radius 3 is 3.19 bits per heavy atom. The summed E-state index contributed by atoms with van der Waals surface area (Å²) in [6.07, 6.45) is 1.07. The molecule has 5 heteroatoms. The lowest BCUT2D eigenvalue weighted by atomic mass is 10.1. The van der Waals surface area contributed by atoms with Crippen LogP contribution in [0.4, 0.5) is 5.69 Å². The van der Waals surface area contributed by atoms with Gasteiger partial charge in [0.2, 0.25) is 0 Å². The van der Waals surface area contributed by atoms with E-state index >= 15 is 0 Å². The number of hydrogen-bond donors (Lipinski definition) is 2. The van der Waals surface area contributed by atoms with Gasteiger partial charge in [-0.25, -0.2) is 0 Å². The van der Waals surface area contributed by atoms with Gasteiger partial charge in [-0.3, -0.25) is 4.79 Å². The summed E-state index contributed by atoms with van der Waals surface area (Å²) in [6, 6.07) is 5.55. The van der Waals surface area contributed by atoms with Crippen molar-refractivity contribution in [3.05, 3.63) is 23.8 Å². The van der Waals surface area contributed by atoms with E-state index in [1.165, 1.54) is 0 Å². The van der Waals surface area contributed by atoms with E-state index in [-0.39, 0.29) is 11.9 Å². The molecule has 0 spiro atoms. The van der Waals surface area contributed by atoms with Gasteiger partial charge in [0.25, 0.3) is 0 Å². The van der Waals surface area contributed by atoms with Crippen LogP contribution in [0.1, 0.15) is 30.6 Å². The molecule has 2 N–H and O–H groups in total. The molecule has 0 fully saturated rings. The molecule has 0 aromatic heterocycles. The maximum atomic E-state index is 12.1. The molecule has 1 heterocycles. The normalized spacial score (nSPS) is 16.8. The minimum atomic E-state index is 0.0923. The van der Waals surface area contributed by atoms with E-state index in [1.54, 1.807) is 0 Å². The number of rotatable bonds is 8. The lowest BCUT2D eigenvalue weighted by Gasteiger charge is -2.25. The molecule has 1 aromatic rings. The quantitative estimate of drug-likeness (QED) is 0.567. The molecule has 1 aliphatic heterocycles. The Hall–Kier alpha value is -1.59. The summed E-state index contributed by atoms with van der Waals surface area (Å²) in [6.45, 7) is 7.36. The number of anilines is 1. The SMILES string of the molecule is CCOCCCNCC(=O)c1ccc2c(c1)NCC(C)O2. The Kier molecular flexibility index (Phi) is 6.02. The van der Waals surface area contributed by atoms with E-state index in [9.17, 15) is 4.79 Å². The number of nitrogens with one attached hydrogen (secondary N) is 2. The second-order valence-electron chi connectivity index (χ2n) is 5.17. The van der Waals surface area contributed by atoms with Gasteiger partial charge < -0.3 is 20.1 Å². The van der Waals surface area contributed by atoms with E-state index < -0.39 is 0 Å². The molecule has 1 unspecified atom stereocenters. The summed E-state index contributed by atoms with van der Waals surface area (Å²) in [5, 5.41) is 6.43. The molecule has 0 radical (unpaired) electrons. The minimum Gasteiger partial charge on any atom is -0.487 e. The van der Waals surface area contributed by atoms with E-state index in [2.05, 4.69) is 10.6 Å². The van der Waals surface area contributed by atoms with Crippen molar-refractivity contribution in [2.75, 3.05) is 38.2 Å². The smallest absolute Gasteiger partial charge is 0.176 e. The molecular formula is C16H24N2O3. The van der Waals surface area contributed by atoms with Gasteiger partial charge in [-0.1, -0.05) is 0 Å².